The fraction of sp³-hybridized carbons (Fsp3) is 0.667. The van der Waals surface area contributed by atoms with Crippen LogP contribution in [-0.2, 0) is 4.74 Å². The molecule has 168 valence electrons. The Kier molecular flexibility index (Phi) is 8.43. The number of amides is 1. The number of aliphatic hydroxyl groups excluding tert-OH is 3. The van der Waals surface area contributed by atoms with E-state index in [4.69, 9.17) is 16.3 Å². The van der Waals surface area contributed by atoms with Gasteiger partial charge in [0.2, 0.25) is 0 Å². The Morgan fingerprint density at radius 1 is 1.20 bits per heavy atom. The number of rotatable bonds is 6. The minimum absolute atomic E-state index is 0.293. The molecule has 2 aliphatic rings. The molecule has 2 fully saturated rings. The van der Waals surface area contributed by atoms with Crippen molar-refractivity contribution in [2.45, 2.75) is 67.0 Å². The fourth-order valence-electron chi connectivity index (χ4n) is 4.25. The average molecular weight is 459 g/mol. The molecule has 0 spiro atoms. The predicted molar refractivity (Wildman–Crippen MR) is 118 cm³/mol. The normalized spacial score (nSPS) is 32.4. The second-order valence-electron chi connectivity index (χ2n) is 7.96. The second-order valence-corrected chi connectivity index (χ2v) is 9.59. The third-order valence-electron chi connectivity index (χ3n) is 5.97. The predicted octanol–water partition coefficient (Wildman–Crippen LogP) is 1.05. The summed E-state index contributed by atoms with van der Waals surface area (Å²) in [6.45, 7) is 3.54. The highest BCUT2D eigenvalue weighted by Gasteiger charge is 2.47. The molecule has 7 nitrogen and oxygen atoms in total. The Hall–Kier alpha value is -0.870. The zero-order valence-electron chi connectivity index (χ0n) is 17.2. The number of alkyl halides is 1. The summed E-state index contributed by atoms with van der Waals surface area (Å²) in [7, 11) is 0. The molecule has 1 amide bonds. The van der Waals surface area contributed by atoms with Crippen LogP contribution in [-0.4, -0.2) is 81.8 Å². The van der Waals surface area contributed by atoms with Crippen molar-refractivity contribution >= 4 is 29.3 Å². The third kappa shape index (κ3) is 5.12. The van der Waals surface area contributed by atoms with Gasteiger partial charge in [0.1, 0.15) is 29.9 Å². The van der Waals surface area contributed by atoms with E-state index in [9.17, 15) is 20.1 Å². The Morgan fingerprint density at radius 3 is 2.50 bits per heavy atom. The smallest absolute Gasteiger partial charge is 0.251 e. The molecule has 1 aromatic carbocycles. The molecule has 0 radical (unpaired) electrons. The number of hydrogen-bond acceptors (Lipinski definition) is 7. The molecule has 0 aromatic heterocycles. The van der Waals surface area contributed by atoms with Crippen molar-refractivity contribution < 1.29 is 24.9 Å². The summed E-state index contributed by atoms with van der Waals surface area (Å²) in [5, 5.41) is 36.6. The number of carbonyl (C=O) groups excluding carboxylic acids is 1. The first kappa shape index (κ1) is 23.8. The number of benzene rings is 1. The van der Waals surface area contributed by atoms with Gasteiger partial charge in [0, 0.05) is 5.56 Å². The Balaban J connectivity index is 1.81. The van der Waals surface area contributed by atoms with Gasteiger partial charge in [0.05, 0.1) is 11.4 Å². The van der Waals surface area contributed by atoms with Gasteiger partial charge in [-0.25, -0.2) is 0 Å². The lowest BCUT2D eigenvalue weighted by molar-refractivity contribution is -0.204. The van der Waals surface area contributed by atoms with Crippen LogP contribution < -0.4 is 10.6 Å². The topological polar surface area (TPSA) is 111 Å². The van der Waals surface area contributed by atoms with Gasteiger partial charge in [-0.05, 0) is 56.7 Å². The minimum Gasteiger partial charge on any atom is -0.388 e. The summed E-state index contributed by atoms with van der Waals surface area (Å²) in [5.74, 6) is 0.00758. The van der Waals surface area contributed by atoms with E-state index in [-0.39, 0.29) is 5.91 Å². The summed E-state index contributed by atoms with van der Waals surface area (Å²) >= 11 is 7.60. The zero-order chi connectivity index (χ0) is 21.8. The van der Waals surface area contributed by atoms with Crippen molar-refractivity contribution in [2.24, 2.45) is 0 Å². The number of halogens is 1. The highest BCUT2D eigenvalue weighted by Crippen LogP contribution is 2.31. The van der Waals surface area contributed by atoms with Crippen molar-refractivity contribution in [1.29, 1.82) is 0 Å². The van der Waals surface area contributed by atoms with E-state index in [0.29, 0.717) is 11.5 Å². The largest absolute Gasteiger partial charge is 0.388 e. The maximum Gasteiger partial charge on any atom is 0.251 e. The fourth-order valence-corrected chi connectivity index (χ4v) is 5.13. The molecule has 2 saturated heterocycles. The lowest BCUT2D eigenvalue weighted by Gasteiger charge is -2.43. The van der Waals surface area contributed by atoms with Crippen molar-refractivity contribution in [2.75, 3.05) is 19.3 Å². The summed E-state index contributed by atoms with van der Waals surface area (Å²) in [6.07, 6.45) is -1.29. The highest BCUT2D eigenvalue weighted by molar-refractivity contribution is 7.99. The first-order chi connectivity index (χ1) is 14.3. The lowest BCUT2D eigenvalue weighted by atomic mass is 9.86. The van der Waals surface area contributed by atoms with Gasteiger partial charge in [-0.15, -0.1) is 23.4 Å². The Bertz CT molecular complexity index is 716. The van der Waals surface area contributed by atoms with E-state index >= 15 is 0 Å². The first-order valence-electron chi connectivity index (χ1n) is 10.3. The number of carbonyl (C=O) groups is 1. The Labute approximate surface area is 186 Å². The number of thioether (sulfide) groups is 1. The number of nitrogens with one attached hydrogen (secondary N) is 2. The molecular weight excluding hydrogens is 428 g/mol. The molecule has 2 heterocycles. The van der Waals surface area contributed by atoms with Crippen LogP contribution in [0.25, 0.3) is 0 Å². The Morgan fingerprint density at radius 2 is 1.87 bits per heavy atom. The van der Waals surface area contributed by atoms with Crippen LogP contribution in [0.2, 0.25) is 0 Å². The van der Waals surface area contributed by atoms with E-state index in [0.717, 1.165) is 31.5 Å². The molecule has 0 saturated carbocycles. The molecule has 2 aliphatic heterocycles. The van der Waals surface area contributed by atoms with Crippen molar-refractivity contribution in [3.8, 4) is 0 Å². The molecule has 5 N–H and O–H groups in total. The second kappa shape index (κ2) is 10.6. The van der Waals surface area contributed by atoms with Crippen LogP contribution in [0, 0.1) is 0 Å². The minimum atomic E-state index is -1.39. The standard InChI is InChI=1S/C21H31ClN2O5S/c1-11(22)15(19-17(26)16(25)18(27)21(29-19)30-2)24-20(28)14-6-4-3-5-13(14)12-7-9-23-10-8-12/h3-6,11-12,15-19,21,23,25-27H,7-10H2,1-2H3,(H,24,28)/t11-,15-,16-,17+,18+,19?,21+/m0/s1. The third-order valence-corrected chi connectivity index (χ3v) is 7.10. The van der Waals surface area contributed by atoms with Crippen molar-refractivity contribution in [3.05, 3.63) is 35.4 Å². The van der Waals surface area contributed by atoms with Crippen molar-refractivity contribution in [1.82, 2.24) is 10.6 Å². The van der Waals surface area contributed by atoms with Gasteiger partial charge in [-0.2, -0.15) is 0 Å². The van der Waals surface area contributed by atoms with E-state index < -0.39 is 41.3 Å². The van der Waals surface area contributed by atoms with Crippen LogP contribution in [0.4, 0.5) is 0 Å². The summed E-state index contributed by atoms with van der Waals surface area (Å²) in [6, 6.07) is 6.79. The number of ether oxygens (including phenoxy) is 1. The quantitative estimate of drug-likeness (QED) is 0.405. The number of hydrogen-bond donors (Lipinski definition) is 5. The van der Waals surface area contributed by atoms with Gasteiger partial charge in [0.15, 0.2) is 0 Å². The molecule has 30 heavy (non-hydrogen) atoms. The summed E-state index contributed by atoms with van der Waals surface area (Å²) in [4.78, 5) is 13.2. The average Bonchev–Trinajstić information content (AvgIpc) is 2.77. The van der Waals surface area contributed by atoms with Crippen LogP contribution in [0.15, 0.2) is 24.3 Å². The van der Waals surface area contributed by atoms with Crippen molar-refractivity contribution in [3.63, 3.8) is 0 Å². The molecule has 1 aromatic rings. The maximum absolute atomic E-state index is 13.2. The molecule has 9 heteroatoms. The van der Waals surface area contributed by atoms with Gasteiger partial charge >= 0.3 is 0 Å². The van der Waals surface area contributed by atoms with Crippen LogP contribution in [0.3, 0.4) is 0 Å². The van der Waals surface area contributed by atoms with E-state index in [2.05, 4.69) is 10.6 Å². The van der Waals surface area contributed by atoms with E-state index in [1.165, 1.54) is 11.8 Å². The van der Waals surface area contributed by atoms with E-state index in [1.54, 1.807) is 19.2 Å². The van der Waals surface area contributed by atoms with Gasteiger partial charge < -0.3 is 30.7 Å². The summed E-state index contributed by atoms with van der Waals surface area (Å²) in [5.41, 5.74) is 0.851. The lowest BCUT2D eigenvalue weighted by Crippen LogP contribution is -2.64. The molecule has 1 unspecified atom stereocenters. The first-order valence-corrected chi connectivity index (χ1v) is 12.0. The SMILES string of the molecule is CS[C@H]1OC([C@@H](NC(=O)c2ccccc2C2CCNCC2)[C@H](C)Cl)[C@H](O)[C@H](O)[C@H]1O. The molecule has 0 bridgehead atoms. The van der Waals surface area contributed by atoms with Gasteiger partial charge in [0.25, 0.3) is 5.91 Å². The molecule has 7 atom stereocenters. The van der Waals surface area contributed by atoms with Crippen LogP contribution >= 0.6 is 23.4 Å². The highest BCUT2D eigenvalue weighted by atomic mass is 35.5. The van der Waals surface area contributed by atoms with Crippen LogP contribution in [0.1, 0.15) is 41.6 Å². The van der Waals surface area contributed by atoms with E-state index in [1.807, 2.05) is 18.2 Å². The molecule has 0 aliphatic carbocycles. The zero-order valence-corrected chi connectivity index (χ0v) is 18.8. The monoisotopic (exact) mass is 458 g/mol. The molecular formula is C21H31ClN2O5S. The number of piperidine rings is 1. The number of aliphatic hydroxyl groups is 3. The van der Waals surface area contributed by atoms with Crippen LogP contribution in [0.5, 0.6) is 0 Å². The van der Waals surface area contributed by atoms with Gasteiger partial charge in [-0.3, -0.25) is 4.79 Å². The molecule has 3 rings (SSSR count). The summed E-state index contributed by atoms with van der Waals surface area (Å²) < 4.78 is 5.83. The van der Waals surface area contributed by atoms with Gasteiger partial charge in [-0.1, -0.05) is 18.2 Å². The maximum atomic E-state index is 13.2.